The van der Waals surface area contributed by atoms with Crippen molar-refractivity contribution in [3.8, 4) is 5.75 Å². The Morgan fingerprint density at radius 1 is 1.00 bits per heavy atom. The van der Waals surface area contributed by atoms with E-state index in [1.54, 1.807) is 59.4 Å². The maximum Gasteiger partial charge on any atom is 0.326 e. The lowest BCUT2D eigenvalue weighted by atomic mass is 9.93. The molecule has 2 aliphatic heterocycles. The van der Waals surface area contributed by atoms with E-state index < -0.39 is 21.9 Å². The van der Waals surface area contributed by atoms with E-state index in [2.05, 4.69) is 0 Å². The Bertz CT molecular complexity index is 1540. The van der Waals surface area contributed by atoms with Gasteiger partial charge in [-0.15, -0.1) is 0 Å². The van der Waals surface area contributed by atoms with Crippen LogP contribution in [0.2, 0.25) is 5.02 Å². The van der Waals surface area contributed by atoms with Crippen LogP contribution in [0.1, 0.15) is 41.6 Å². The molecule has 2 heterocycles. The summed E-state index contributed by atoms with van der Waals surface area (Å²) in [4.78, 5) is 35.0. The minimum atomic E-state index is -3.39. The number of amides is 2. The standard InChI is InChI=1S/C29H28ClN3O5S/c1-38-25-8-4-3-7-24(25)28-31-26(19-11-15-23(16-12-19)39(2,36)37)27(20-9-13-21(30)14-10-20)33(28)29(35)32-17-5-6-22(34)18-32/h3-4,7-16,26-27H,5-6,17-18H2,1-2H3. The molecule has 3 aromatic carbocycles. The number of rotatable bonds is 5. The predicted octanol–water partition coefficient (Wildman–Crippen LogP) is 5.08. The largest absolute Gasteiger partial charge is 0.496 e. The molecule has 2 amide bonds. The van der Waals surface area contributed by atoms with Gasteiger partial charge in [-0.3, -0.25) is 14.7 Å². The molecule has 2 atom stereocenters. The first kappa shape index (κ1) is 26.9. The van der Waals surface area contributed by atoms with Crippen LogP contribution in [-0.4, -0.2) is 62.3 Å². The first-order chi connectivity index (χ1) is 18.7. The number of benzene rings is 3. The molecule has 3 aromatic rings. The molecule has 0 aliphatic carbocycles. The molecule has 0 bridgehead atoms. The highest BCUT2D eigenvalue weighted by Crippen LogP contribution is 2.45. The number of amidine groups is 1. The third-order valence-electron chi connectivity index (χ3n) is 7.00. The summed E-state index contributed by atoms with van der Waals surface area (Å²) in [6.07, 6.45) is 2.21. The number of nitrogens with zero attached hydrogens (tertiary/aromatic N) is 3. The number of ketones is 1. The van der Waals surface area contributed by atoms with Crippen LogP contribution >= 0.6 is 11.6 Å². The Morgan fingerprint density at radius 3 is 2.31 bits per heavy atom. The second kappa shape index (κ2) is 10.8. The van der Waals surface area contributed by atoms with Gasteiger partial charge in [-0.2, -0.15) is 0 Å². The SMILES string of the molecule is COc1ccccc1C1=NC(c2ccc(S(C)(=O)=O)cc2)C(c2ccc(Cl)cc2)N1C(=O)N1CCCC(=O)C1. The molecule has 0 aromatic heterocycles. The van der Waals surface area contributed by atoms with E-state index in [1.165, 1.54) is 0 Å². The summed E-state index contributed by atoms with van der Waals surface area (Å²) in [6, 6.07) is 19.6. The summed E-state index contributed by atoms with van der Waals surface area (Å²) in [6.45, 7) is 0.497. The fourth-order valence-electron chi connectivity index (χ4n) is 5.09. The first-order valence-corrected chi connectivity index (χ1v) is 14.8. The predicted molar refractivity (Wildman–Crippen MR) is 149 cm³/mol. The molecule has 10 heteroatoms. The van der Waals surface area contributed by atoms with Crippen molar-refractivity contribution < 1.29 is 22.7 Å². The molecule has 39 heavy (non-hydrogen) atoms. The smallest absolute Gasteiger partial charge is 0.326 e. The number of methoxy groups -OCH3 is 1. The topological polar surface area (TPSA) is 96.3 Å². The zero-order chi connectivity index (χ0) is 27.7. The zero-order valence-corrected chi connectivity index (χ0v) is 23.2. The van der Waals surface area contributed by atoms with Crippen molar-refractivity contribution in [1.29, 1.82) is 0 Å². The number of ether oxygens (including phenoxy) is 1. The van der Waals surface area contributed by atoms with Crippen LogP contribution < -0.4 is 4.74 Å². The third-order valence-corrected chi connectivity index (χ3v) is 8.38. The highest BCUT2D eigenvalue weighted by atomic mass is 35.5. The Morgan fingerprint density at radius 2 is 1.67 bits per heavy atom. The quantitative estimate of drug-likeness (QED) is 0.430. The van der Waals surface area contributed by atoms with Crippen molar-refractivity contribution in [1.82, 2.24) is 9.80 Å². The summed E-state index contributed by atoms with van der Waals surface area (Å²) in [5.41, 5.74) is 2.16. The second-order valence-corrected chi connectivity index (χ2v) is 12.1. The van der Waals surface area contributed by atoms with Gasteiger partial charge < -0.3 is 9.64 Å². The number of carbonyl (C=O) groups excluding carboxylic acids is 2. The number of piperidine rings is 1. The number of hydrogen-bond donors (Lipinski definition) is 0. The molecule has 0 saturated carbocycles. The number of halogens is 1. The number of aliphatic imine (C=N–C) groups is 1. The fourth-order valence-corrected chi connectivity index (χ4v) is 5.85. The van der Waals surface area contributed by atoms with Gasteiger partial charge in [0.25, 0.3) is 0 Å². The Balaban J connectivity index is 1.69. The van der Waals surface area contributed by atoms with Gasteiger partial charge in [0, 0.05) is 24.2 Å². The number of likely N-dealkylation sites (tertiary alicyclic amines) is 1. The van der Waals surface area contributed by atoms with Gasteiger partial charge in [-0.25, -0.2) is 13.2 Å². The lowest BCUT2D eigenvalue weighted by Gasteiger charge is -2.35. The molecule has 0 radical (unpaired) electrons. The highest BCUT2D eigenvalue weighted by Gasteiger charge is 2.45. The van der Waals surface area contributed by atoms with Crippen molar-refractivity contribution in [3.05, 3.63) is 94.5 Å². The monoisotopic (exact) mass is 565 g/mol. The molecule has 8 nitrogen and oxygen atoms in total. The van der Waals surface area contributed by atoms with Crippen LogP contribution in [-0.2, 0) is 14.6 Å². The molecule has 202 valence electrons. The van der Waals surface area contributed by atoms with E-state index in [-0.39, 0.29) is 23.3 Å². The van der Waals surface area contributed by atoms with Crippen molar-refractivity contribution in [2.24, 2.45) is 4.99 Å². The average molecular weight is 566 g/mol. The van der Waals surface area contributed by atoms with Crippen molar-refractivity contribution in [3.63, 3.8) is 0 Å². The van der Waals surface area contributed by atoms with Gasteiger partial charge in [0.15, 0.2) is 15.6 Å². The minimum absolute atomic E-state index is 0.0144. The summed E-state index contributed by atoms with van der Waals surface area (Å²) in [5.74, 6) is 0.972. The number of sulfone groups is 1. The highest BCUT2D eigenvalue weighted by molar-refractivity contribution is 7.90. The van der Waals surface area contributed by atoms with Crippen LogP contribution in [0.5, 0.6) is 5.75 Å². The lowest BCUT2D eigenvalue weighted by Crippen LogP contribution is -2.50. The van der Waals surface area contributed by atoms with E-state index in [1.807, 2.05) is 30.3 Å². The summed E-state index contributed by atoms with van der Waals surface area (Å²) < 4.78 is 29.8. The van der Waals surface area contributed by atoms with Crippen molar-refractivity contribution in [2.75, 3.05) is 26.5 Å². The Kier molecular flexibility index (Phi) is 7.46. The molecule has 1 fully saturated rings. The molecule has 0 spiro atoms. The van der Waals surface area contributed by atoms with Crippen molar-refractivity contribution in [2.45, 2.75) is 29.8 Å². The van der Waals surface area contributed by atoms with Crippen molar-refractivity contribution >= 4 is 39.1 Å². The Hall–Kier alpha value is -3.69. The number of para-hydroxylation sites is 1. The summed E-state index contributed by atoms with van der Waals surface area (Å²) >= 11 is 6.20. The molecule has 2 unspecified atom stereocenters. The van der Waals surface area contributed by atoms with Crippen LogP contribution in [0.25, 0.3) is 0 Å². The van der Waals surface area contributed by atoms with Gasteiger partial charge in [0.05, 0.1) is 30.2 Å². The normalized spacial score (nSPS) is 19.7. The summed E-state index contributed by atoms with van der Waals surface area (Å²) in [7, 11) is -1.83. The first-order valence-electron chi connectivity index (χ1n) is 12.5. The van der Waals surface area contributed by atoms with E-state index in [4.69, 9.17) is 21.3 Å². The van der Waals surface area contributed by atoms with Gasteiger partial charge in [-0.1, -0.05) is 48.0 Å². The maximum atomic E-state index is 14.2. The van der Waals surface area contributed by atoms with Gasteiger partial charge in [0.2, 0.25) is 0 Å². The molecular formula is C29H28ClN3O5S. The zero-order valence-electron chi connectivity index (χ0n) is 21.6. The lowest BCUT2D eigenvalue weighted by molar-refractivity contribution is -0.121. The number of Topliss-reactive ketones (excluding diaryl/α,β-unsaturated/α-hetero) is 1. The molecule has 0 N–H and O–H groups in total. The molecule has 5 rings (SSSR count). The maximum absolute atomic E-state index is 14.2. The fraction of sp³-hybridized carbons (Fsp3) is 0.276. The summed E-state index contributed by atoms with van der Waals surface area (Å²) in [5, 5.41) is 0.552. The number of urea groups is 1. The van der Waals surface area contributed by atoms with Gasteiger partial charge in [-0.05, 0) is 53.9 Å². The average Bonchev–Trinajstić information content (AvgIpc) is 3.33. The van der Waals surface area contributed by atoms with Crippen LogP contribution in [0.3, 0.4) is 0 Å². The molecule has 1 saturated heterocycles. The van der Waals surface area contributed by atoms with E-state index in [0.29, 0.717) is 41.6 Å². The third kappa shape index (κ3) is 5.42. The van der Waals surface area contributed by atoms with Gasteiger partial charge in [0.1, 0.15) is 17.6 Å². The van der Waals surface area contributed by atoms with E-state index >= 15 is 0 Å². The van der Waals surface area contributed by atoms with Gasteiger partial charge >= 0.3 is 6.03 Å². The van der Waals surface area contributed by atoms with E-state index in [0.717, 1.165) is 17.4 Å². The second-order valence-electron chi connectivity index (χ2n) is 9.65. The van der Waals surface area contributed by atoms with Crippen LogP contribution in [0.15, 0.2) is 82.7 Å². The molecular weight excluding hydrogens is 538 g/mol. The Labute approximate surface area is 232 Å². The number of hydrogen-bond acceptors (Lipinski definition) is 6. The molecule has 2 aliphatic rings. The van der Waals surface area contributed by atoms with E-state index in [9.17, 15) is 18.0 Å². The van der Waals surface area contributed by atoms with Crippen LogP contribution in [0, 0.1) is 0 Å². The minimum Gasteiger partial charge on any atom is -0.496 e. The number of carbonyl (C=O) groups is 2. The van der Waals surface area contributed by atoms with Crippen LogP contribution in [0.4, 0.5) is 4.79 Å².